The van der Waals surface area contributed by atoms with Crippen LogP contribution < -0.4 is 0 Å². The number of fused-ring (bicyclic) bond motifs is 9. The monoisotopic (exact) mass is 699 g/mol. The van der Waals surface area contributed by atoms with Crippen molar-refractivity contribution in [2.45, 2.75) is 0 Å². The maximum atomic E-state index is 10.8. The van der Waals surface area contributed by atoms with Crippen LogP contribution in [0.5, 0.6) is 0 Å². The van der Waals surface area contributed by atoms with E-state index in [1.807, 2.05) is 24.3 Å². The van der Waals surface area contributed by atoms with Gasteiger partial charge in [0.1, 0.15) is 6.07 Å². The average molecular weight is 700 g/mol. The third-order valence-corrected chi connectivity index (χ3v) is 11.1. The third-order valence-electron chi connectivity index (χ3n) is 11.1. The number of para-hydroxylation sites is 6. The first kappa shape index (κ1) is 30.7. The Morgan fingerprint density at radius 1 is 0.418 bits per heavy atom. The average Bonchev–Trinajstić information content (AvgIpc) is 3.88. The zero-order valence-corrected chi connectivity index (χ0v) is 29.5. The van der Waals surface area contributed by atoms with E-state index in [1.54, 1.807) is 0 Å². The van der Waals surface area contributed by atoms with Gasteiger partial charge >= 0.3 is 0 Å². The van der Waals surface area contributed by atoms with Crippen molar-refractivity contribution in [2.24, 2.45) is 0 Å². The molecule has 0 saturated carbocycles. The van der Waals surface area contributed by atoms with Gasteiger partial charge in [0.2, 0.25) is 0 Å². The van der Waals surface area contributed by atoms with E-state index in [2.05, 4.69) is 176 Å². The molecule has 0 radical (unpaired) electrons. The van der Waals surface area contributed by atoms with E-state index < -0.39 is 0 Å². The molecule has 0 atom stereocenters. The molecule has 0 aliphatic heterocycles. The molecule has 0 unspecified atom stereocenters. The molecule has 0 fully saturated rings. The Kier molecular flexibility index (Phi) is 6.61. The predicted octanol–water partition coefficient (Wildman–Crippen LogP) is 13.1. The van der Waals surface area contributed by atoms with Crippen LogP contribution in [-0.2, 0) is 0 Å². The van der Waals surface area contributed by atoms with Crippen molar-refractivity contribution in [3.63, 3.8) is 0 Å². The van der Waals surface area contributed by atoms with Crippen LogP contribution in [0.15, 0.2) is 176 Å². The Hall–Kier alpha value is -7.86. The lowest BCUT2D eigenvalue weighted by Gasteiger charge is -2.19. The van der Waals surface area contributed by atoms with Crippen molar-refractivity contribution >= 4 is 71.1 Å². The highest BCUT2D eigenvalue weighted by molar-refractivity contribution is 6.14. The quantitative estimate of drug-likeness (QED) is 0.169. The van der Waals surface area contributed by atoms with Gasteiger partial charge in [-0.2, -0.15) is 5.26 Å². The second-order valence-corrected chi connectivity index (χ2v) is 13.9. The standard InChI is InChI=1S/C50H29N5/c1-52-33-25-27-40-37-16-4-9-22-45(37)54(49(40)29-33)46-23-10-5-17-38(46)41-19-12-13-32(31-51)50(41)55-47-24-11-6-18-39(47)42-30-34(26-28-48(42)55)53-43-20-7-2-14-35(43)36-15-3-8-21-44(36)53/h2-30H. The molecular formula is C50H29N5. The van der Waals surface area contributed by atoms with E-state index in [-0.39, 0.29) is 0 Å². The molecule has 0 saturated heterocycles. The van der Waals surface area contributed by atoms with E-state index in [0.29, 0.717) is 11.3 Å². The molecular weight excluding hydrogens is 671 g/mol. The summed E-state index contributed by atoms with van der Waals surface area (Å²) < 4.78 is 6.89. The van der Waals surface area contributed by atoms with E-state index >= 15 is 0 Å². The minimum Gasteiger partial charge on any atom is -0.310 e. The Bertz CT molecular complexity index is 3420. The van der Waals surface area contributed by atoms with Crippen molar-refractivity contribution in [3.05, 3.63) is 193 Å². The number of nitrogens with zero attached hydrogens (tertiary/aromatic N) is 5. The second-order valence-electron chi connectivity index (χ2n) is 13.9. The number of hydrogen-bond acceptors (Lipinski definition) is 1. The number of rotatable bonds is 4. The number of nitriles is 1. The third kappa shape index (κ3) is 4.39. The number of aromatic nitrogens is 3. The van der Waals surface area contributed by atoms with Crippen LogP contribution in [0.4, 0.5) is 5.69 Å². The molecule has 11 aromatic rings. The van der Waals surface area contributed by atoms with Gasteiger partial charge in [0, 0.05) is 54.6 Å². The van der Waals surface area contributed by atoms with Gasteiger partial charge in [-0.05, 0) is 60.7 Å². The fraction of sp³-hybridized carbons (Fsp3) is 0. The van der Waals surface area contributed by atoms with Gasteiger partial charge in [0.05, 0.1) is 51.1 Å². The minimum atomic E-state index is 0.582. The van der Waals surface area contributed by atoms with Gasteiger partial charge in [0.15, 0.2) is 5.69 Å². The first-order valence-electron chi connectivity index (χ1n) is 18.3. The van der Waals surface area contributed by atoms with Crippen LogP contribution in [0.3, 0.4) is 0 Å². The lowest BCUT2D eigenvalue weighted by atomic mass is 9.98. The van der Waals surface area contributed by atoms with E-state index in [1.165, 1.54) is 10.8 Å². The second kappa shape index (κ2) is 11.8. The van der Waals surface area contributed by atoms with Gasteiger partial charge in [0.25, 0.3) is 0 Å². The summed E-state index contributed by atoms with van der Waals surface area (Å²) >= 11 is 0. The summed E-state index contributed by atoms with van der Waals surface area (Å²) in [4.78, 5) is 3.78. The van der Waals surface area contributed by atoms with E-state index in [9.17, 15) is 5.26 Å². The van der Waals surface area contributed by atoms with Crippen molar-refractivity contribution in [3.8, 4) is 34.3 Å². The van der Waals surface area contributed by atoms with Crippen molar-refractivity contribution in [2.75, 3.05) is 0 Å². The molecule has 0 amide bonds. The highest BCUT2D eigenvalue weighted by atomic mass is 15.0. The molecule has 254 valence electrons. The highest BCUT2D eigenvalue weighted by Gasteiger charge is 2.23. The summed E-state index contributed by atoms with van der Waals surface area (Å²) in [5.74, 6) is 0. The molecule has 8 aromatic carbocycles. The lowest BCUT2D eigenvalue weighted by Crippen LogP contribution is -2.03. The summed E-state index contributed by atoms with van der Waals surface area (Å²) in [7, 11) is 0. The minimum absolute atomic E-state index is 0.582. The van der Waals surface area contributed by atoms with Crippen molar-refractivity contribution < 1.29 is 0 Å². The largest absolute Gasteiger partial charge is 0.310 e. The van der Waals surface area contributed by atoms with Gasteiger partial charge in [-0.3, -0.25) is 0 Å². The number of hydrogen-bond donors (Lipinski definition) is 0. The van der Waals surface area contributed by atoms with Crippen LogP contribution in [0.25, 0.3) is 98.5 Å². The summed E-state index contributed by atoms with van der Waals surface area (Å²) in [5.41, 5.74) is 12.4. The normalized spacial score (nSPS) is 11.6. The summed E-state index contributed by atoms with van der Waals surface area (Å²) in [6, 6.07) is 63.7. The van der Waals surface area contributed by atoms with Crippen LogP contribution in [-0.4, -0.2) is 13.7 Å². The predicted molar refractivity (Wildman–Crippen MR) is 226 cm³/mol. The van der Waals surface area contributed by atoms with Gasteiger partial charge < -0.3 is 13.7 Å². The molecule has 0 aliphatic carbocycles. The number of benzene rings is 8. The zero-order chi connectivity index (χ0) is 36.6. The van der Waals surface area contributed by atoms with Crippen LogP contribution in [0, 0.1) is 17.9 Å². The van der Waals surface area contributed by atoms with Crippen LogP contribution in [0.2, 0.25) is 0 Å². The molecule has 55 heavy (non-hydrogen) atoms. The molecule has 3 aromatic heterocycles. The van der Waals surface area contributed by atoms with Crippen molar-refractivity contribution in [1.29, 1.82) is 5.26 Å². The molecule has 0 N–H and O–H groups in total. The Morgan fingerprint density at radius 2 is 0.945 bits per heavy atom. The molecule has 5 nitrogen and oxygen atoms in total. The first-order valence-corrected chi connectivity index (χ1v) is 18.3. The van der Waals surface area contributed by atoms with Crippen LogP contribution >= 0.6 is 0 Å². The summed E-state index contributed by atoms with van der Waals surface area (Å²) in [6.45, 7) is 7.80. The Labute approximate surface area is 316 Å². The lowest BCUT2D eigenvalue weighted by molar-refractivity contribution is 1.15. The van der Waals surface area contributed by atoms with Gasteiger partial charge in [-0.15, -0.1) is 0 Å². The van der Waals surface area contributed by atoms with Crippen molar-refractivity contribution in [1.82, 2.24) is 13.7 Å². The van der Waals surface area contributed by atoms with Crippen LogP contribution in [0.1, 0.15) is 5.56 Å². The fourth-order valence-electron chi connectivity index (χ4n) is 8.82. The summed E-state index contributed by atoms with van der Waals surface area (Å²) in [6.07, 6.45) is 0. The smallest absolute Gasteiger partial charge is 0.189 e. The molecule has 3 heterocycles. The zero-order valence-electron chi connectivity index (χ0n) is 29.5. The first-order chi connectivity index (χ1) is 27.2. The molecule has 0 bridgehead atoms. The maximum Gasteiger partial charge on any atom is 0.189 e. The Balaban J connectivity index is 1.20. The molecule has 0 spiro atoms. The molecule has 5 heteroatoms. The molecule has 0 aliphatic rings. The molecule has 11 rings (SSSR count). The van der Waals surface area contributed by atoms with E-state index in [4.69, 9.17) is 6.57 Å². The maximum absolute atomic E-state index is 10.8. The Morgan fingerprint density at radius 3 is 1.60 bits per heavy atom. The SMILES string of the molecule is [C-]#[N+]c1ccc2c3ccccc3n(-c3ccccc3-c3cccc(C#N)c3-n3c4ccccc4c4cc(-n5c6ccccc6c6ccccc65)ccc43)c2c1. The van der Waals surface area contributed by atoms with E-state index in [0.717, 1.165) is 82.8 Å². The summed E-state index contributed by atoms with van der Waals surface area (Å²) in [5, 5.41) is 17.7. The van der Waals surface area contributed by atoms with Gasteiger partial charge in [-0.1, -0.05) is 115 Å². The fourth-order valence-corrected chi connectivity index (χ4v) is 8.82. The highest BCUT2D eigenvalue weighted by Crippen LogP contribution is 2.43. The van der Waals surface area contributed by atoms with Gasteiger partial charge in [-0.25, -0.2) is 4.85 Å². The topological polar surface area (TPSA) is 42.9 Å².